The molecule has 0 spiro atoms. The molecule has 0 fully saturated rings. The van der Waals surface area contributed by atoms with Crippen LogP contribution in [0.1, 0.15) is 49.8 Å². The molecule has 0 saturated heterocycles. The number of benzene rings is 2. The first kappa shape index (κ1) is 35.5. The number of nitriles is 2. The van der Waals surface area contributed by atoms with E-state index in [1.807, 2.05) is 60.7 Å². The molecule has 4 aromatic heterocycles. The van der Waals surface area contributed by atoms with E-state index < -0.39 is 20.8 Å². The van der Waals surface area contributed by atoms with Crippen LogP contribution in [0.3, 0.4) is 0 Å². The fourth-order valence-corrected chi connectivity index (χ4v) is 5.03. The van der Waals surface area contributed by atoms with Gasteiger partial charge < -0.3 is 10.2 Å². The van der Waals surface area contributed by atoms with Crippen molar-refractivity contribution in [1.29, 1.82) is 10.5 Å². The van der Waals surface area contributed by atoms with Gasteiger partial charge in [-0.1, -0.05) is 35.3 Å². The van der Waals surface area contributed by atoms with Crippen LogP contribution in [0.25, 0.3) is 21.8 Å². The number of aromatic nitrogens is 4. The van der Waals surface area contributed by atoms with E-state index in [-0.39, 0.29) is 17.9 Å². The number of aliphatic hydroxyl groups excluding tert-OH is 1. The molecule has 14 heteroatoms. The number of rotatable bonds is 6. The Bertz CT molecular complexity index is 2270. The standard InChI is InChI=1S/C17H10ClN3O2.C17H12ClN3O.Mn.2O/c18-13-5-11-3-10(1-2-16(11)20-9-13)4-14-6-12(17(22)23)7-15(8-19)21-14;18-14-7-13-3-11(1-2-17(13)20-9-14)4-15-5-12(10-22)6-16(8-19)21-15;;;/h1-3,5-7,9H,4H2,(H,22,23);1-3,5-7,9,22H,4,10H2;;;. The normalized spacial score (nSPS) is 10.1. The fraction of sp³-hybridized carbons (Fsp3) is 0.0882. The van der Waals surface area contributed by atoms with E-state index in [0.717, 1.165) is 38.6 Å². The summed E-state index contributed by atoms with van der Waals surface area (Å²) < 4.78 is 16.8. The van der Waals surface area contributed by atoms with Gasteiger partial charge in [-0.3, -0.25) is 9.97 Å². The summed E-state index contributed by atoms with van der Waals surface area (Å²) >= 11 is 10.5. The summed E-state index contributed by atoms with van der Waals surface area (Å²) in [6.07, 6.45) is 4.19. The van der Waals surface area contributed by atoms with Crippen molar-refractivity contribution < 1.29 is 37.5 Å². The molecule has 0 bridgehead atoms. The molecule has 0 amide bonds. The third-order valence-corrected chi connectivity index (χ3v) is 7.08. The number of carboxylic acid groups (broad SMARTS) is 1. The first-order valence-corrected chi connectivity index (χ1v) is 15.5. The van der Waals surface area contributed by atoms with E-state index >= 15 is 0 Å². The third-order valence-electron chi connectivity index (χ3n) is 6.67. The van der Waals surface area contributed by atoms with E-state index in [0.29, 0.717) is 39.8 Å². The van der Waals surface area contributed by atoms with Crippen molar-refractivity contribution in [1.82, 2.24) is 19.9 Å². The average molecular weight is 720 g/mol. The molecular weight excluding hydrogens is 698 g/mol. The molecule has 2 aromatic carbocycles. The number of carbonyl (C=O) groups is 1. The minimum atomic E-state index is -1.44. The second-order valence-corrected chi connectivity index (χ2v) is 11.1. The molecule has 0 unspecified atom stereocenters. The predicted octanol–water partition coefficient (Wildman–Crippen LogP) is 6.44. The molecule has 6 aromatic rings. The SMILES string of the molecule is N#Cc1cc(C(=O)O)cc(Cc2ccc3ncc(Cl)cc3c2)n1.N#Cc1cc(CO)cc(Cc2ccc3ncc(Cl)cc3c2)n1.[O]=[Mn]=[O]. The number of hydrogen-bond donors (Lipinski definition) is 2. The summed E-state index contributed by atoms with van der Waals surface area (Å²) in [6.45, 7) is -0.110. The van der Waals surface area contributed by atoms with Gasteiger partial charge in [-0.05, 0) is 77.4 Å². The second-order valence-electron chi connectivity index (χ2n) is 10.0. The zero-order valence-electron chi connectivity index (χ0n) is 24.6. The van der Waals surface area contributed by atoms with Gasteiger partial charge in [0, 0.05) is 47.4 Å². The van der Waals surface area contributed by atoms with Crippen LogP contribution in [-0.4, -0.2) is 36.1 Å². The van der Waals surface area contributed by atoms with Crippen molar-refractivity contribution in [2.24, 2.45) is 0 Å². The van der Waals surface area contributed by atoms with Gasteiger partial charge in [0.2, 0.25) is 0 Å². The van der Waals surface area contributed by atoms with Crippen molar-refractivity contribution in [3.63, 3.8) is 0 Å². The van der Waals surface area contributed by atoms with Gasteiger partial charge in [-0.25, -0.2) is 14.8 Å². The monoisotopic (exact) mass is 719 g/mol. The topological polar surface area (TPSA) is 191 Å². The van der Waals surface area contributed by atoms with Gasteiger partial charge in [0.05, 0.1) is 33.2 Å². The molecular formula is C34H22Cl2MnN6O5. The molecule has 0 atom stereocenters. The Hall–Kier alpha value is -5.33. The molecule has 0 saturated carbocycles. The zero-order chi connectivity index (χ0) is 34.6. The quantitative estimate of drug-likeness (QED) is 0.180. The maximum absolute atomic E-state index is 11.1. The predicted molar refractivity (Wildman–Crippen MR) is 171 cm³/mol. The van der Waals surface area contributed by atoms with Crippen molar-refractivity contribution in [3.8, 4) is 12.1 Å². The zero-order valence-corrected chi connectivity index (χ0v) is 27.3. The molecule has 4 heterocycles. The van der Waals surface area contributed by atoms with E-state index in [4.69, 9.17) is 46.5 Å². The van der Waals surface area contributed by atoms with Gasteiger partial charge in [0.1, 0.15) is 23.5 Å². The van der Waals surface area contributed by atoms with E-state index in [9.17, 15) is 9.90 Å². The number of aliphatic hydroxyl groups is 1. The molecule has 0 aliphatic heterocycles. The van der Waals surface area contributed by atoms with Gasteiger partial charge in [-0.2, -0.15) is 10.5 Å². The van der Waals surface area contributed by atoms with E-state index in [2.05, 4.69) is 19.9 Å². The number of fused-ring (bicyclic) bond motifs is 2. The third kappa shape index (κ3) is 9.83. The van der Waals surface area contributed by atoms with E-state index in [1.54, 1.807) is 24.5 Å². The van der Waals surface area contributed by atoms with Gasteiger partial charge in [0.15, 0.2) is 0 Å². The molecule has 11 nitrogen and oxygen atoms in total. The summed E-state index contributed by atoms with van der Waals surface area (Å²) in [7, 11) is 0. The Kier molecular flexibility index (Phi) is 12.6. The van der Waals surface area contributed by atoms with Crippen molar-refractivity contribution >= 4 is 51.0 Å². The van der Waals surface area contributed by atoms with Crippen LogP contribution in [0.15, 0.2) is 85.2 Å². The van der Waals surface area contributed by atoms with Crippen LogP contribution in [0.4, 0.5) is 0 Å². The summed E-state index contributed by atoms with van der Waals surface area (Å²) in [6, 6.07) is 25.3. The Labute approximate surface area is 289 Å². The molecule has 6 rings (SSSR count). The molecule has 239 valence electrons. The molecule has 2 N–H and O–H groups in total. The summed E-state index contributed by atoms with van der Waals surface area (Å²) in [4.78, 5) is 28.1. The molecule has 0 radical (unpaired) electrons. The van der Waals surface area contributed by atoms with Gasteiger partial charge >= 0.3 is 28.5 Å². The number of hydrogen-bond acceptors (Lipinski definition) is 10. The van der Waals surface area contributed by atoms with E-state index in [1.165, 1.54) is 12.1 Å². The average Bonchev–Trinajstić information content (AvgIpc) is 3.08. The molecule has 48 heavy (non-hydrogen) atoms. The van der Waals surface area contributed by atoms with Crippen molar-refractivity contribution in [2.45, 2.75) is 19.4 Å². The summed E-state index contributed by atoms with van der Waals surface area (Å²) in [5, 5.41) is 39.3. The van der Waals surface area contributed by atoms with Crippen LogP contribution in [-0.2, 0) is 41.9 Å². The number of halogens is 2. The summed E-state index contributed by atoms with van der Waals surface area (Å²) in [5.41, 5.74) is 6.09. The Morgan fingerprint density at radius 1 is 0.708 bits per heavy atom. The van der Waals surface area contributed by atoms with Crippen LogP contribution in [0.2, 0.25) is 10.0 Å². The van der Waals surface area contributed by atoms with Crippen LogP contribution in [0, 0.1) is 22.7 Å². The number of aromatic carboxylic acids is 1. The first-order valence-electron chi connectivity index (χ1n) is 13.8. The molecule has 0 aliphatic carbocycles. The van der Waals surface area contributed by atoms with Crippen molar-refractivity contribution in [3.05, 3.63) is 140 Å². The fourth-order valence-electron chi connectivity index (χ4n) is 4.70. The number of nitrogens with zero attached hydrogens (tertiary/aromatic N) is 6. The minimum absolute atomic E-state index is 0.0528. The van der Waals surface area contributed by atoms with Crippen LogP contribution < -0.4 is 0 Å². The number of carboxylic acids is 1. The Morgan fingerprint density at radius 3 is 1.65 bits per heavy atom. The van der Waals surface area contributed by atoms with Gasteiger partial charge in [0.25, 0.3) is 0 Å². The first-order chi connectivity index (χ1) is 23.1. The Balaban J connectivity index is 0.000000201. The van der Waals surface area contributed by atoms with Crippen LogP contribution >= 0.6 is 23.2 Å². The molecule has 0 aliphatic rings. The summed E-state index contributed by atoms with van der Waals surface area (Å²) in [5.74, 6) is -1.08. The second kappa shape index (κ2) is 17.0. The van der Waals surface area contributed by atoms with Crippen LogP contribution in [0.5, 0.6) is 0 Å². The maximum atomic E-state index is 11.1. The number of pyridine rings is 4. The Morgan fingerprint density at radius 2 is 1.19 bits per heavy atom. The van der Waals surface area contributed by atoms with Crippen molar-refractivity contribution in [2.75, 3.05) is 0 Å². The van der Waals surface area contributed by atoms with Gasteiger partial charge in [-0.15, -0.1) is 0 Å².